The second kappa shape index (κ2) is 7.78. The maximum Gasteiger partial charge on any atom is 0.328 e. The molecule has 1 aromatic carbocycles. The number of carbonyl (C=O) groups excluding carboxylic acids is 2. The number of ether oxygens (including phenoxy) is 2. The number of aryl methyl sites for hydroxylation is 1. The number of benzene rings is 1. The molecule has 3 rings (SSSR count). The highest BCUT2D eigenvalue weighted by Gasteiger charge is 2.37. The van der Waals surface area contributed by atoms with E-state index >= 15 is 0 Å². The van der Waals surface area contributed by atoms with Gasteiger partial charge in [0.15, 0.2) is 5.69 Å². The normalized spacial score (nSPS) is 16.6. The molecule has 1 unspecified atom stereocenters. The summed E-state index contributed by atoms with van der Waals surface area (Å²) in [6.45, 7) is 2.29. The average Bonchev–Trinajstić information content (AvgIpc) is 3.26. The summed E-state index contributed by atoms with van der Waals surface area (Å²) in [5.41, 5.74) is 0.700. The smallest absolute Gasteiger partial charge is 0.328 e. The number of carbonyl (C=O) groups is 2. The second-order valence-corrected chi connectivity index (χ2v) is 6.43. The number of aromatic nitrogens is 1. The number of amides is 1. The number of rotatable bonds is 5. The van der Waals surface area contributed by atoms with Crippen molar-refractivity contribution in [3.8, 4) is 5.75 Å². The molecule has 2 heterocycles. The fraction of sp³-hybridized carbons (Fsp3) is 0.389. The highest BCUT2D eigenvalue weighted by atomic mass is 35.5. The minimum absolute atomic E-state index is 0.105. The standard InChI is InChI=1S/C18H19ClN2O5/c1-11-14(10-25-13-6-3-5-12(19)9-13)16(20-26-11)17(22)21-8-4-7-15(21)18(23)24-2/h3,5-6,9,15H,4,7-8,10H2,1-2H3. The Bertz CT molecular complexity index is 820. The van der Waals surface area contributed by atoms with Gasteiger partial charge in [0.05, 0.1) is 12.7 Å². The molecule has 1 saturated heterocycles. The van der Waals surface area contributed by atoms with Crippen molar-refractivity contribution < 1.29 is 23.6 Å². The lowest BCUT2D eigenvalue weighted by Crippen LogP contribution is -2.41. The lowest BCUT2D eigenvalue weighted by molar-refractivity contribution is -0.145. The lowest BCUT2D eigenvalue weighted by Gasteiger charge is -2.21. The van der Waals surface area contributed by atoms with Gasteiger partial charge < -0.3 is 18.9 Å². The van der Waals surface area contributed by atoms with E-state index in [4.69, 9.17) is 25.6 Å². The summed E-state index contributed by atoms with van der Waals surface area (Å²) in [5.74, 6) is 0.279. The Morgan fingerprint density at radius 3 is 2.96 bits per heavy atom. The summed E-state index contributed by atoms with van der Waals surface area (Å²) in [6, 6.07) is 6.37. The molecule has 1 aliphatic heterocycles. The van der Waals surface area contributed by atoms with Crippen molar-refractivity contribution in [1.29, 1.82) is 0 Å². The molecule has 0 aliphatic carbocycles. The van der Waals surface area contributed by atoms with Gasteiger partial charge in [-0.25, -0.2) is 4.79 Å². The molecule has 1 fully saturated rings. The number of hydrogen-bond acceptors (Lipinski definition) is 6. The van der Waals surface area contributed by atoms with Crippen molar-refractivity contribution in [3.05, 3.63) is 46.3 Å². The Morgan fingerprint density at radius 1 is 1.42 bits per heavy atom. The van der Waals surface area contributed by atoms with Gasteiger partial charge >= 0.3 is 5.97 Å². The summed E-state index contributed by atoms with van der Waals surface area (Å²) in [6.07, 6.45) is 1.31. The Kier molecular flexibility index (Phi) is 5.46. The van der Waals surface area contributed by atoms with Crippen molar-refractivity contribution >= 4 is 23.5 Å². The van der Waals surface area contributed by atoms with Crippen LogP contribution < -0.4 is 4.74 Å². The van der Waals surface area contributed by atoms with E-state index in [1.807, 2.05) is 0 Å². The van der Waals surface area contributed by atoms with Gasteiger partial charge in [0.1, 0.15) is 24.2 Å². The zero-order valence-electron chi connectivity index (χ0n) is 14.5. The zero-order chi connectivity index (χ0) is 18.7. The van der Waals surface area contributed by atoms with Crippen LogP contribution in [0.4, 0.5) is 0 Å². The number of halogens is 1. The molecule has 1 aromatic heterocycles. The van der Waals surface area contributed by atoms with Crippen LogP contribution in [0.2, 0.25) is 5.02 Å². The molecule has 0 spiro atoms. The SMILES string of the molecule is COC(=O)C1CCCN1C(=O)c1noc(C)c1COc1cccc(Cl)c1. The van der Waals surface area contributed by atoms with E-state index in [9.17, 15) is 9.59 Å². The maximum absolute atomic E-state index is 12.9. The van der Waals surface area contributed by atoms with Crippen LogP contribution >= 0.6 is 11.6 Å². The summed E-state index contributed by atoms with van der Waals surface area (Å²) < 4.78 is 15.7. The van der Waals surface area contributed by atoms with Crippen LogP contribution in [0.1, 0.15) is 34.7 Å². The second-order valence-electron chi connectivity index (χ2n) is 5.99. The third-order valence-corrected chi connectivity index (χ3v) is 4.59. The van der Waals surface area contributed by atoms with E-state index in [-0.39, 0.29) is 18.2 Å². The summed E-state index contributed by atoms with van der Waals surface area (Å²) in [4.78, 5) is 26.3. The van der Waals surface area contributed by atoms with E-state index in [1.165, 1.54) is 12.0 Å². The fourth-order valence-electron chi connectivity index (χ4n) is 2.97. The summed E-state index contributed by atoms with van der Waals surface area (Å²) in [7, 11) is 1.31. The van der Waals surface area contributed by atoms with Gasteiger partial charge in [-0.3, -0.25) is 4.79 Å². The van der Waals surface area contributed by atoms with Crippen molar-refractivity contribution in [2.45, 2.75) is 32.4 Å². The first kappa shape index (κ1) is 18.3. The Morgan fingerprint density at radius 2 is 2.23 bits per heavy atom. The Hall–Kier alpha value is -2.54. The van der Waals surface area contributed by atoms with Crippen LogP contribution in [0.5, 0.6) is 5.75 Å². The van der Waals surface area contributed by atoms with Gasteiger partial charge in [0.25, 0.3) is 5.91 Å². The van der Waals surface area contributed by atoms with Crippen molar-refractivity contribution in [1.82, 2.24) is 10.1 Å². The van der Waals surface area contributed by atoms with Crippen LogP contribution in [0, 0.1) is 6.92 Å². The van der Waals surface area contributed by atoms with Crippen LogP contribution in [0.15, 0.2) is 28.8 Å². The number of hydrogen-bond donors (Lipinski definition) is 0. The molecule has 7 nitrogen and oxygen atoms in total. The first-order valence-electron chi connectivity index (χ1n) is 8.23. The van der Waals surface area contributed by atoms with E-state index in [0.717, 1.165) is 6.42 Å². The molecular formula is C18H19ClN2O5. The monoisotopic (exact) mass is 378 g/mol. The molecule has 1 atom stereocenters. The Balaban J connectivity index is 1.78. The topological polar surface area (TPSA) is 81.9 Å². The third-order valence-electron chi connectivity index (χ3n) is 4.35. The molecule has 0 saturated carbocycles. The molecule has 138 valence electrons. The molecule has 8 heteroatoms. The number of esters is 1. The molecule has 2 aromatic rings. The summed E-state index contributed by atoms with van der Waals surface area (Å²) in [5, 5.41) is 4.44. The number of likely N-dealkylation sites (tertiary alicyclic amines) is 1. The predicted octanol–water partition coefficient (Wildman–Crippen LogP) is 2.99. The quantitative estimate of drug-likeness (QED) is 0.744. The van der Waals surface area contributed by atoms with Gasteiger partial charge in [0, 0.05) is 11.6 Å². The molecule has 0 radical (unpaired) electrons. The number of nitrogens with zero attached hydrogens (tertiary/aromatic N) is 2. The minimum atomic E-state index is -0.591. The lowest BCUT2D eigenvalue weighted by atomic mass is 10.1. The number of methoxy groups -OCH3 is 1. The molecule has 1 aliphatic rings. The third kappa shape index (κ3) is 3.67. The fourth-order valence-corrected chi connectivity index (χ4v) is 3.15. The Labute approximate surface area is 155 Å². The van der Waals surface area contributed by atoms with Gasteiger partial charge in [-0.05, 0) is 38.0 Å². The van der Waals surface area contributed by atoms with Gasteiger partial charge in [-0.1, -0.05) is 22.8 Å². The molecule has 1 amide bonds. The largest absolute Gasteiger partial charge is 0.489 e. The average molecular weight is 379 g/mol. The van der Waals surface area contributed by atoms with Crippen LogP contribution in [-0.4, -0.2) is 41.6 Å². The first-order valence-corrected chi connectivity index (χ1v) is 8.61. The highest BCUT2D eigenvalue weighted by molar-refractivity contribution is 6.30. The van der Waals surface area contributed by atoms with Crippen LogP contribution in [0.25, 0.3) is 0 Å². The van der Waals surface area contributed by atoms with Crippen LogP contribution in [0.3, 0.4) is 0 Å². The van der Waals surface area contributed by atoms with Gasteiger partial charge in [0.2, 0.25) is 0 Å². The molecular weight excluding hydrogens is 360 g/mol. The van der Waals surface area contributed by atoms with Gasteiger partial charge in [-0.15, -0.1) is 0 Å². The molecule has 0 bridgehead atoms. The van der Waals surface area contributed by atoms with E-state index < -0.39 is 12.0 Å². The van der Waals surface area contributed by atoms with E-state index in [0.29, 0.717) is 35.1 Å². The zero-order valence-corrected chi connectivity index (χ0v) is 15.3. The first-order chi connectivity index (χ1) is 12.5. The van der Waals surface area contributed by atoms with Crippen LogP contribution in [-0.2, 0) is 16.1 Å². The van der Waals surface area contributed by atoms with Crippen molar-refractivity contribution in [2.24, 2.45) is 0 Å². The maximum atomic E-state index is 12.9. The van der Waals surface area contributed by atoms with E-state index in [1.54, 1.807) is 31.2 Å². The molecule has 0 N–H and O–H groups in total. The summed E-state index contributed by atoms with van der Waals surface area (Å²) >= 11 is 5.95. The van der Waals surface area contributed by atoms with Gasteiger partial charge in [-0.2, -0.15) is 0 Å². The van der Waals surface area contributed by atoms with Crippen molar-refractivity contribution in [3.63, 3.8) is 0 Å². The van der Waals surface area contributed by atoms with E-state index in [2.05, 4.69) is 5.16 Å². The molecule has 26 heavy (non-hydrogen) atoms. The highest BCUT2D eigenvalue weighted by Crippen LogP contribution is 2.25. The predicted molar refractivity (Wildman–Crippen MR) is 93.1 cm³/mol. The van der Waals surface area contributed by atoms with Crippen molar-refractivity contribution in [2.75, 3.05) is 13.7 Å². The minimum Gasteiger partial charge on any atom is -0.489 e.